The largest absolute Gasteiger partial charge is 0.341 e. The van der Waals surface area contributed by atoms with E-state index in [1.54, 1.807) is 0 Å². The minimum Gasteiger partial charge on any atom is -0.341 e. The molecule has 3 nitrogen and oxygen atoms in total. The van der Waals surface area contributed by atoms with E-state index in [0.29, 0.717) is 5.11 Å². The fourth-order valence-electron chi connectivity index (χ4n) is 1.16. The molecule has 1 fully saturated rings. The second-order valence-corrected chi connectivity index (χ2v) is 4.05. The van der Waals surface area contributed by atoms with E-state index in [1.807, 2.05) is 24.3 Å². The summed E-state index contributed by atoms with van der Waals surface area (Å²) in [4.78, 5) is 0. The van der Waals surface area contributed by atoms with Crippen LogP contribution < -0.4 is 16.2 Å². The molecule has 1 heterocycles. The summed E-state index contributed by atoms with van der Waals surface area (Å²) in [5, 5.41) is 3.72. The van der Waals surface area contributed by atoms with Gasteiger partial charge in [0.05, 0.1) is 0 Å². The van der Waals surface area contributed by atoms with Crippen LogP contribution >= 0.6 is 28.1 Å². The second kappa shape index (κ2) is 3.61. The Bertz CT molecular complexity index is 325. The van der Waals surface area contributed by atoms with Gasteiger partial charge in [-0.15, -0.1) is 0 Å². The summed E-state index contributed by atoms with van der Waals surface area (Å²) >= 11 is 8.31. The maximum absolute atomic E-state index is 4.93. The van der Waals surface area contributed by atoms with Crippen LogP contribution in [0, 0.1) is 0 Å². The fourth-order valence-corrected chi connectivity index (χ4v) is 1.60. The third kappa shape index (κ3) is 1.99. The molecule has 0 aliphatic carbocycles. The van der Waals surface area contributed by atoms with Gasteiger partial charge in [-0.2, -0.15) is 0 Å². The molecule has 13 heavy (non-hydrogen) atoms. The van der Waals surface area contributed by atoms with Gasteiger partial charge in [-0.1, -0.05) is 28.1 Å². The van der Waals surface area contributed by atoms with Gasteiger partial charge in [-0.05, 0) is 29.9 Å². The highest BCUT2D eigenvalue weighted by Crippen LogP contribution is 2.15. The van der Waals surface area contributed by atoms with Gasteiger partial charge in [-0.3, -0.25) is 5.43 Å². The minimum atomic E-state index is 0.0700. The first-order chi connectivity index (χ1) is 6.25. The van der Waals surface area contributed by atoms with E-state index in [4.69, 9.17) is 12.2 Å². The highest BCUT2D eigenvalue weighted by molar-refractivity contribution is 9.10. The van der Waals surface area contributed by atoms with Crippen molar-refractivity contribution in [3.63, 3.8) is 0 Å². The first-order valence-electron chi connectivity index (χ1n) is 3.83. The molecule has 1 saturated heterocycles. The molecule has 1 aliphatic rings. The maximum atomic E-state index is 4.93. The van der Waals surface area contributed by atoms with E-state index in [0.717, 1.165) is 10.0 Å². The Morgan fingerprint density at radius 2 is 1.92 bits per heavy atom. The molecule has 1 aromatic rings. The molecule has 0 bridgehead atoms. The zero-order valence-corrected chi connectivity index (χ0v) is 9.08. The number of hydrogen-bond donors (Lipinski definition) is 3. The maximum Gasteiger partial charge on any atom is 0.182 e. The van der Waals surface area contributed by atoms with Crippen LogP contribution in [0.1, 0.15) is 11.7 Å². The third-order valence-electron chi connectivity index (χ3n) is 1.81. The predicted molar refractivity (Wildman–Crippen MR) is 58.9 cm³/mol. The molecule has 3 N–H and O–H groups in total. The lowest BCUT2D eigenvalue weighted by molar-refractivity contribution is 0.554. The number of benzene rings is 1. The van der Waals surface area contributed by atoms with Crippen LogP contribution in [0.5, 0.6) is 0 Å². The molecule has 0 spiro atoms. The summed E-state index contributed by atoms with van der Waals surface area (Å²) in [6, 6.07) is 8.06. The molecule has 1 atom stereocenters. The van der Waals surface area contributed by atoms with Crippen molar-refractivity contribution in [1.29, 1.82) is 0 Å². The number of nitrogens with one attached hydrogen (secondary N) is 3. The molecular formula is C8H8BrN3S. The van der Waals surface area contributed by atoms with Crippen molar-refractivity contribution in [3.8, 4) is 0 Å². The van der Waals surface area contributed by atoms with Gasteiger partial charge in [-0.25, -0.2) is 5.43 Å². The van der Waals surface area contributed by atoms with Crippen molar-refractivity contribution in [2.45, 2.75) is 6.17 Å². The van der Waals surface area contributed by atoms with Gasteiger partial charge < -0.3 is 5.32 Å². The zero-order chi connectivity index (χ0) is 9.26. The lowest BCUT2D eigenvalue weighted by Crippen LogP contribution is -2.26. The van der Waals surface area contributed by atoms with E-state index < -0.39 is 0 Å². The second-order valence-electron chi connectivity index (χ2n) is 2.73. The summed E-state index contributed by atoms with van der Waals surface area (Å²) in [7, 11) is 0. The Morgan fingerprint density at radius 3 is 2.46 bits per heavy atom. The normalized spacial score (nSPS) is 21.0. The SMILES string of the molecule is S=C1NNC(c2ccc(Br)cc2)N1. The number of halogens is 1. The Kier molecular flexibility index (Phi) is 2.48. The standard InChI is InChI=1S/C8H8BrN3S/c9-6-3-1-5(2-4-6)7-10-8(13)12-11-7/h1-4,7,11H,(H2,10,12,13). The van der Waals surface area contributed by atoms with Crippen molar-refractivity contribution >= 4 is 33.3 Å². The monoisotopic (exact) mass is 257 g/mol. The smallest absolute Gasteiger partial charge is 0.182 e. The van der Waals surface area contributed by atoms with Gasteiger partial charge in [0.1, 0.15) is 6.17 Å². The summed E-state index contributed by atoms with van der Waals surface area (Å²) < 4.78 is 1.07. The average molecular weight is 258 g/mol. The number of thiocarbonyl (C=S) groups is 1. The van der Waals surface area contributed by atoms with Crippen molar-refractivity contribution in [3.05, 3.63) is 34.3 Å². The van der Waals surface area contributed by atoms with Crippen LogP contribution in [-0.4, -0.2) is 5.11 Å². The van der Waals surface area contributed by atoms with Crippen LogP contribution in [0.15, 0.2) is 28.7 Å². The molecule has 1 aliphatic heterocycles. The molecule has 2 rings (SSSR count). The lowest BCUT2D eigenvalue weighted by atomic mass is 10.2. The highest BCUT2D eigenvalue weighted by atomic mass is 79.9. The minimum absolute atomic E-state index is 0.0700. The number of hydrazine groups is 1. The van der Waals surface area contributed by atoms with E-state index in [1.165, 1.54) is 0 Å². The average Bonchev–Trinajstić information content (AvgIpc) is 2.53. The molecule has 1 aromatic carbocycles. The zero-order valence-electron chi connectivity index (χ0n) is 6.67. The van der Waals surface area contributed by atoms with Gasteiger partial charge >= 0.3 is 0 Å². The van der Waals surface area contributed by atoms with Gasteiger partial charge in [0.25, 0.3) is 0 Å². The van der Waals surface area contributed by atoms with E-state index in [2.05, 4.69) is 32.1 Å². The van der Waals surface area contributed by atoms with Crippen LogP contribution in [0.4, 0.5) is 0 Å². The summed E-state index contributed by atoms with van der Waals surface area (Å²) in [5.74, 6) is 0. The van der Waals surface area contributed by atoms with Crippen LogP contribution in [-0.2, 0) is 0 Å². The van der Waals surface area contributed by atoms with Gasteiger partial charge in [0.2, 0.25) is 0 Å². The summed E-state index contributed by atoms with van der Waals surface area (Å²) in [6.07, 6.45) is 0.0700. The fraction of sp³-hybridized carbons (Fsp3) is 0.125. The van der Waals surface area contributed by atoms with Crippen molar-refractivity contribution in [2.75, 3.05) is 0 Å². The van der Waals surface area contributed by atoms with E-state index in [-0.39, 0.29) is 6.17 Å². The molecular weight excluding hydrogens is 250 g/mol. The van der Waals surface area contributed by atoms with E-state index in [9.17, 15) is 0 Å². The summed E-state index contributed by atoms with van der Waals surface area (Å²) in [6.45, 7) is 0. The Labute approximate surface area is 90.0 Å². The van der Waals surface area contributed by atoms with Crippen LogP contribution in [0.25, 0.3) is 0 Å². The number of hydrogen-bond acceptors (Lipinski definition) is 2. The molecule has 1 unspecified atom stereocenters. The molecule has 0 amide bonds. The molecule has 0 saturated carbocycles. The Balaban J connectivity index is 2.17. The molecule has 0 aromatic heterocycles. The van der Waals surface area contributed by atoms with Crippen molar-refractivity contribution in [1.82, 2.24) is 16.2 Å². The van der Waals surface area contributed by atoms with Crippen LogP contribution in [0.2, 0.25) is 0 Å². The van der Waals surface area contributed by atoms with Crippen LogP contribution in [0.3, 0.4) is 0 Å². The first-order valence-corrected chi connectivity index (χ1v) is 5.03. The van der Waals surface area contributed by atoms with Crippen molar-refractivity contribution in [2.24, 2.45) is 0 Å². The van der Waals surface area contributed by atoms with Crippen molar-refractivity contribution < 1.29 is 0 Å². The van der Waals surface area contributed by atoms with Gasteiger partial charge in [0, 0.05) is 4.47 Å². The van der Waals surface area contributed by atoms with E-state index >= 15 is 0 Å². The highest BCUT2D eigenvalue weighted by Gasteiger charge is 2.17. The Hall–Kier alpha value is -0.650. The topological polar surface area (TPSA) is 36.1 Å². The quantitative estimate of drug-likeness (QED) is 0.666. The third-order valence-corrected chi connectivity index (χ3v) is 2.56. The lowest BCUT2D eigenvalue weighted by Gasteiger charge is -2.09. The summed E-state index contributed by atoms with van der Waals surface area (Å²) in [5.41, 5.74) is 7.01. The number of rotatable bonds is 1. The Morgan fingerprint density at radius 1 is 1.23 bits per heavy atom. The van der Waals surface area contributed by atoms with Gasteiger partial charge in [0.15, 0.2) is 5.11 Å². The molecule has 5 heteroatoms. The molecule has 0 radical (unpaired) electrons. The first kappa shape index (κ1) is 8.93. The molecule has 68 valence electrons. The predicted octanol–water partition coefficient (Wildman–Crippen LogP) is 1.43.